The number of methoxy groups -OCH3 is 1. The van der Waals surface area contributed by atoms with Crippen LogP contribution in [0.3, 0.4) is 0 Å². The average Bonchev–Trinajstić information content (AvgIpc) is 3.17. The zero-order valence-electron chi connectivity index (χ0n) is 19.7. The number of fused-ring (bicyclic) bond motifs is 1. The van der Waals surface area contributed by atoms with Gasteiger partial charge in [-0.15, -0.1) is 0 Å². The molecule has 1 aliphatic heterocycles. The minimum Gasteiger partial charge on any atom is -0.493 e. The molecule has 37 heavy (non-hydrogen) atoms. The molecule has 0 bridgehead atoms. The maximum atomic E-state index is 13.1. The molecule has 7 nitrogen and oxygen atoms in total. The Kier molecular flexibility index (Phi) is 6.73. The fourth-order valence-electron chi connectivity index (χ4n) is 3.98. The summed E-state index contributed by atoms with van der Waals surface area (Å²) in [4.78, 5) is 27.3. The van der Waals surface area contributed by atoms with Crippen molar-refractivity contribution in [3.05, 3.63) is 107 Å². The van der Waals surface area contributed by atoms with Crippen LogP contribution < -0.4 is 8.92 Å². The van der Waals surface area contributed by atoms with Gasteiger partial charge in [0.25, 0.3) is 11.1 Å². The van der Waals surface area contributed by atoms with Gasteiger partial charge in [0.15, 0.2) is 11.5 Å². The summed E-state index contributed by atoms with van der Waals surface area (Å²) in [7, 11) is -2.67. The summed E-state index contributed by atoms with van der Waals surface area (Å²) in [6.07, 6.45) is 1.58. The van der Waals surface area contributed by atoms with Crippen molar-refractivity contribution in [2.24, 2.45) is 0 Å². The van der Waals surface area contributed by atoms with E-state index in [1.54, 1.807) is 36.4 Å². The summed E-state index contributed by atoms with van der Waals surface area (Å²) < 4.78 is 35.8. The highest BCUT2D eigenvalue weighted by atomic mass is 32.2. The van der Waals surface area contributed by atoms with E-state index in [1.807, 2.05) is 42.5 Å². The maximum absolute atomic E-state index is 13.1. The van der Waals surface area contributed by atoms with Crippen molar-refractivity contribution in [1.29, 1.82) is 0 Å². The van der Waals surface area contributed by atoms with Gasteiger partial charge in [-0.05, 0) is 64.0 Å². The smallest absolute Gasteiger partial charge is 0.339 e. The third-order valence-electron chi connectivity index (χ3n) is 5.80. The number of hydrogen-bond acceptors (Lipinski definition) is 7. The van der Waals surface area contributed by atoms with Crippen LogP contribution in [0.5, 0.6) is 11.5 Å². The van der Waals surface area contributed by atoms with Gasteiger partial charge in [-0.1, -0.05) is 66.7 Å². The second-order valence-corrected chi connectivity index (χ2v) is 10.7. The molecule has 0 spiro atoms. The highest BCUT2D eigenvalue weighted by molar-refractivity contribution is 8.18. The van der Waals surface area contributed by atoms with Gasteiger partial charge in [-0.25, -0.2) is 0 Å². The number of hydrogen-bond donors (Lipinski definition) is 0. The summed E-state index contributed by atoms with van der Waals surface area (Å²) in [6, 6.07) is 26.0. The van der Waals surface area contributed by atoms with E-state index in [1.165, 1.54) is 30.2 Å². The highest BCUT2D eigenvalue weighted by Crippen LogP contribution is 2.36. The summed E-state index contributed by atoms with van der Waals surface area (Å²) in [6.45, 7) is 0.163. The Balaban J connectivity index is 1.38. The molecule has 1 saturated heterocycles. The molecule has 1 heterocycles. The fourth-order valence-corrected chi connectivity index (χ4v) is 5.78. The highest BCUT2D eigenvalue weighted by Gasteiger charge is 2.35. The SMILES string of the molecule is COc1cc(/C=C2\SC(=O)N(Cc3cccc4ccccc34)C2=O)ccc1OS(=O)(=O)c1ccccc1. The molecule has 1 fully saturated rings. The van der Waals surface area contributed by atoms with Crippen LogP contribution in [0.25, 0.3) is 16.8 Å². The minimum absolute atomic E-state index is 0.00700. The van der Waals surface area contributed by atoms with E-state index in [4.69, 9.17) is 8.92 Å². The monoisotopic (exact) mass is 531 g/mol. The molecule has 5 rings (SSSR count). The number of rotatable bonds is 7. The van der Waals surface area contributed by atoms with Crippen molar-refractivity contribution >= 4 is 49.9 Å². The first-order valence-electron chi connectivity index (χ1n) is 11.3. The van der Waals surface area contributed by atoms with Crippen LogP contribution in [-0.2, 0) is 21.5 Å². The van der Waals surface area contributed by atoms with E-state index in [9.17, 15) is 18.0 Å². The molecule has 0 aliphatic carbocycles. The van der Waals surface area contributed by atoms with Crippen LogP contribution in [0.4, 0.5) is 4.79 Å². The van der Waals surface area contributed by atoms with Crippen LogP contribution in [0.1, 0.15) is 11.1 Å². The van der Waals surface area contributed by atoms with Gasteiger partial charge in [0, 0.05) is 0 Å². The molecule has 9 heteroatoms. The predicted octanol–water partition coefficient (Wildman–Crippen LogP) is 5.85. The Bertz CT molecular complexity index is 1640. The lowest BCUT2D eigenvalue weighted by Crippen LogP contribution is -2.27. The molecule has 4 aromatic carbocycles. The van der Waals surface area contributed by atoms with E-state index < -0.39 is 16.0 Å². The zero-order valence-corrected chi connectivity index (χ0v) is 21.3. The lowest BCUT2D eigenvalue weighted by atomic mass is 10.0. The van der Waals surface area contributed by atoms with Gasteiger partial charge in [0.05, 0.1) is 18.6 Å². The number of carbonyl (C=O) groups excluding carboxylic acids is 2. The third kappa shape index (κ3) is 5.09. The van der Waals surface area contributed by atoms with Gasteiger partial charge in [-0.2, -0.15) is 8.42 Å². The molecule has 1 aliphatic rings. The largest absolute Gasteiger partial charge is 0.493 e. The van der Waals surface area contributed by atoms with Crippen molar-refractivity contribution in [1.82, 2.24) is 4.90 Å². The number of imide groups is 1. The summed E-state index contributed by atoms with van der Waals surface area (Å²) in [5.74, 6) is -0.218. The van der Waals surface area contributed by atoms with Gasteiger partial charge in [0.2, 0.25) is 0 Å². The molecule has 186 valence electrons. The van der Waals surface area contributed by atoms with Gasteiger partial charge in [0.1, 0.15) is 4.90 Å². The van der Waals surface area contributed by atoms with Crippen molar-refractivity contribution in [2.75, 3.05) is 7.11 Å². The van der Waals surface area contributed by atoms with Crippen LogP contribution >= 0.6 is 11.8 Å². The molecule has 0 atom stereocenters. The summed E-state index contributed by atoms with van der Waals surface area (Å²) in [5.41, 5.74) is 1.43. The number of benzene rings is 4. The number of carbonyl (C=O) groups is 2. The summed E-state index contributed by atoms with van der Waals surface area (Å²) >= 11 is 0.857. The van der Waals surface area contributed by atoms with Gasteiger partial charge in [-0.3, -0.25) is 14.5 Å². The Morgan fingerprint density at radius 1 is 0.865 bits per heavy atom. The Hall–Kier alpha value is -4.08. The first-order chi connectivity index (χ1) is 17.9. The number of amides is 2. The average molecular weight is 532 g/mol. The second-order valence-electron chi connectivity index (χ2n) is 8.17. The molecule has 0 aromatic heterocycles. The topological polar surface area (TPSA) is 90.0 Å². The third-order valence-corrected chi connectivity index (χ3v) is 7.95. The second kappa shape index (κ2) is 10.1. The first kappa shape index (κ1) is 24.6. The first-order valence-corrected chi connectivity index (χ1v) is 13.5. The molecule has 0 unspecified atom stereocenters. The van der Waals surface area contributed by atoms with Crippen molar-refractivity contribution < 1.29 is 26.9 Å². The van der Waals surface area contributed by atoms with Crippen LogP contribution in [-0.4, -0.2) is 31.6 Å². The lowest BCUT2D eigenvalue weighted by Gasteiger charge is -2.14. The van der Waals surface area contributed by atoms with Crippen LogP contribution in [0.15, 0.2) is 101 Å². The fraction of sp³-hybridized carbons (Fsp3) is 0.0714. The predicted molar refractivity (Wildman–Crippen MR) is 143 cm³/mol. The lowest BCUT2D eigenvalue weighted by molar-refractivity contribution is -0.123. The Morgan fingerprint density at radius 2 is 1.59 bits per heavy atom. The normalized spacial score (nSPS) is 14.9. The zero-order chi connectivity index (χ0) is 26.0. The Labute approximate surface area is 218 Å². The number of thioether (sulfide) groups is 1. The van der Waals surface area contributed by atoms with Gasteiger partial charge < -0.3 is 8.92 Å². The molecule has 0 N–H and O–H groups in total. The van der Waals surface area contributed by atoms with Gasteiger partial charge >= 0.3 is 10.1 Å². The molecule has 0 saturated carbocycles. The van der Waals surface area contributed by atoms with E-state index in [0.29, 0.717) is 5.56 Å². The number of nitrogens with zero attached hydrogens (tertiary/aromatic N) is 1. The molecular weight excluding hydrogens is 510 g/mol. The molecule has 4 aromatic rings. The quantitative estimate of drug-likeness (QED) is 0.218. The molecule has 2 amide bonds. The summed E-state index contributed by atoms with van der Waals surface area (Å²) in [5, 5.41) is 1.66. The standard InChI is InChI=1S/C28H21NO6S2/c1-34-25-16-19(14-15-24(25)35-37(32,33)22-11-3-2-4-12-22)17-26-27(30)29(28(31)36-26)18-21-10-7-9-20-8-5-6-13-23(20)21/h2-17H,18H2,1H3/b26-17-. The molecule has 0 radical (unpaired) electrons. The number of ether oxygens (including phenoxy) is 1. The van der Waals surface area contributed by atoms with E-state index in [-0.39, 0.29) is 33.1 Å². The van der Waals surface area contributed by atoms with Crippen molar-refractivity contribution in [3.63, 3.8) is 0 Å². The molecular formula is C28H21NO6S2. The van der Waals surface area contributed by atoms with E-state index >= 15 is 0 Å². The van der Waals surface area contributed by atoms with E-state index in [0.717, 1.165) is 28.1 Å². The van der Waals surface area contributed by atoms with Crippen molar-refractivity contribution in [2.45, 2.75) is 11.4 Å². The van der Waals surface area contributed by atoms with Crippen LogP contribution in [0, 0.1) is 0 Å². The van der Waals surface area contributed by atoms with Crippen molar-refractivity contribution in [3.8, 4) is 11.5 Å². The minimum atomic E-state index is -4.05. The van der Waals surface area contributed by atoms with Crippen LogP contribution in [0.2, 0.25) is 0 Å². The maximum Gasteiger partial charge on any atom is 0.339 e. The van der Waals surface area contributed by atoms with E-state index in [2.05, 4.69) is 0 Å². The Morgan fingerprint density at radius 3 is 2.38 bits per heavy atom.